The number of esters is 1. The fourth-order valence-corrected chi connectivity index (χ4v) is 3.45. The predicted octanol–water partition coefficient (Wildman–Crippen LogP) is 4.19. The van der Waals surface area contributed by atoms with Gasteiger partial charge < -0.3 is 4.74 Å². The quantitative estimate of drug-likeness (QED) is 0.536. The van der Waals surface area contributed by atoms with Gasteiger partial charge in [0.25, 0.3) is 0 Å². The number of Topliss-reactive ketones (excluding diaryl/α,β-unsaturated/α-hetero) is 1. The minimum atomic E-state index is -0.356. The van der Waals surface area contributed by atoms with Crippen LogP contribution in [0.15, 0.2) is 42.5 Å². The highest BCUT2D eigenvalue weighted by atomic mass is 32.1. The number of ketones is 1. The van der Waals surface area contributed by atoms with Crippen molar-refractivity contribution < 1.29 is 14.3 Å². The van der Waals surface area contributed by atoms with Crippen molar-refractivity contribution in [3.05, 3.63) is 48.0 Å². The normalized spacial score (nSPS) is 10.9. The first-order chi connectivity index (χ1) is 10.2. The van der Waals surface area contributed by atoms with E-state index in [0.29, 0.717) is 5.56 Å². The summed E-state index contributed by atoms with van der Waals surface area (Å²) < 4.78 is 6.94. The first-order valence-electron chi connectivity index (χ1n) is 6.70. The van der Waals surface area contributed by atoms with Gasteiger partial charge in [-0.15, -0.1) is 11.3 Å². The monoisotopic (exact) mass is 298 g/mol. The van der Waals surface area contributed by atoms with Crippen molar-refractivity contribution in [1.82, 2.24) is 0 Å². The van der Waals surface area contributed by atoms with Gasteiger partial charge in [0.15, 0.2) is 5.78 Å². The van der Waals surface area contributed by atoms with Gasteiger partial charge in [0, 0.05) is 32.2 Å². The Hall–Kier alpha value is -2.20. The van der Waals surface area contributed by atoms with Gasteiger partial charge in [0.2, 0.25) is 0 Å². The van der Waals surface area contributed by atoms with E-state index in [4.69, 9.17) is 0 Å². The van der Waals surface area contributed by atoms with Crippen LogP contribution in [0.4, 0.5) is 0 Å². The summed E-state index contributed by atoms with van der Waals surface area (Å²) in [5.41, 5.74) is 0.648. The maximum absolute atomic E-state index is 12.2. The van der Waals surface area contributed by atoms with Crippen LogP contribution >= 0.6 is 11.3 Å². The Kier molecular flexibility index (Phi) is 3.71. The SMILES string of the molecule is COC(=O)CCC(=O)c1ccc2sc3ccccc3c2c1. The molecule has 0 aliphatic carbocycles. The first-order valence-corrected chi connectivity index (χ1v) is 7.52. The summed E-state index contributed by atoms with van der Waals surface area (Å²) in [6, 6.07) is 13.9. The van der Waals surface area contributed by atoms with Gasteiger partial charge >= 0.3 is 5.97 Å². The maximum Gasteiger partial charge on any atom is 0.305 e. The number of thiophene rings is 1. The molecule has 0 atom stereocenters. The zero-order chi connectivity index (χ0) is 14.8. The molecule has 0 radical (unpaired) electrons. The summed E-state index contributed by atoms with van der Waals surface area (Å²) in [6.07, 6.45) is 0.304. The fraction of sp³-hybridized carbons (Fsp3) is 0.176. The molecular weight excluding hydrogens is 284 g/mol. The third-order valence-corrected chi connectivity index (χ3v) is 4.63. The summed E-state index contributed by atoms with van der Waals surface area (Å²) in [5, 5.41) is 2.26. The number of fused-ring (bicyclic) bond motifs is 3. The number of hydrogen-bond acceptors (Lipinski definition) is 4. The number of carbonyl (C=O) groups excluding carboxylic acids is 2. The molecule has 1 heterocycles. The van der Waals surface area contributed by atoms with Gasteiger partial charge in [-0.1, -0.05) is 18.2 Å². The number of benzene rings is 2. The largest absolute Gasteiger partial charge is 0.469 e. The molecule has 0 saturated heterocycles. The van der Waals surface area contributed by atoms with E-state index in [1.165, 1.54) is 21.9 Å². The minimum Gasteiger partial charge on any atom is -0.469 e. The number of rotatable bonds is 4. The van der Waals surface area contributed by atoms with Crippen molar-refractivity contribution in [2.75, 3.05) is 7.11 Å². The van der Waals surface area contributed by atoms with E-state index in [1.807, 2.05) is 30.3 Å². The molecule has 106 valence electrons. The van der Waals surface area contributed by atoms with Crippen LogP contribution in [-0.2, 0) is 9.53 Å². The third-order valence-electron chi connectivity index (χ3n) is 3.48. The van der Waals surface area contributed by atoms with Crippen LogP contribution in [0.5, 0.6) is 0 Å². The third kappa shape index (κ3) is 2.67. The van der Waals surface area contributed by atoms with Crippen LogP contribution in [0.1, 0.15) is 23.2 Å². The van der Waals surface area contributed by atoms with E-state index in [-0.39, 0.29) is 24.6 Å². The lowest BCUT2D eigenvalue weighted by atomic mass is 10.0. The van der Waals surface area contributed by atoms with Gasteiger partial charge in [-0.25, -0.2) is 0 Å². The Morgan fingerprint density at radius 2 is 1.76 bits per heavy atom. The van der Waals surface area contributed by atoms with Crippen molar-refractivity contribution in [2.24, 2.45) is 0 Å². The Morgan fingerprint density at radius 3 is 2.57 bits per heavy atom. The molecule has 0 amide bonds. The molecule has 3 nitrogen and oxygen atoms in total. The molecule has 0 saturated carbocycles. The van der Waals surface area contributed by atoms with E-state index in [0.717, 1.165) is 5.39 Å². The molecule has 1 aromatic heterocycles. The second-order valence-electron chi connectivity index (χ2n) is 4.81. The number of hydrogen-bond donors (Lipinski definition) is 0. The van der Waals surface area contributed by atoms with Crippen LogP contribution < -0.4 is 0 Å². The predicted molar refractivity (Wildman–Crippen MR) is 84.9 cm³/mol. The highest BCUT2D eigenvalue weighted by molar-refractivity contribution is 7.25. The van der Waals surface area contributed by atoms with E-state index in [9.17, 15) is 9.59 Å². The Labute approximate surface area is 126 Å². The molecule has 21 heavy (non-hydrogen) atoms. The summed E-state index contributed by atoms with van der Waals surface area (Å²) in [4.78, 5) is 23.3. The average molecular weight is 298 g/mol. The van der Waals surface area contributed by atoms with Crippen molar-refractivity contribution in [2.45, 2.75) is 12.8 Å². The molecule has 0 unspecified atom stereocenters. The standard InChI is InChI=1S/C17H14O3S/c1-20-17(19)9-7-14(18)11-6-8-16-13(10-11)12-4-2-3-5-15(12)21-16/h2-6,8,10H,7,9H2,1H3. The first kappa shape index (κ1) is 13.8. The molecule has 3 aromatic rings. The van der Waals surface area contributed by atoms with Gasteiger partial charge in [0.1, 0.15) is 0 Å². The lowest BCUT2D eigenvalue weighted by Crippen LogP contribution is -2.05. The second-order valence-corrected chi connectivity index (χ2v) is 5.89. The minimum absolute atomic E-state index is 0.0300. The van der Waals surface area contributed by atoms with E-state index in [1.54, 1.807) is 11.3 Å². The van der Waals surface area contributed by atoms with Gasteiger partial charge in [-0.3, -0.25) is 9.59 Å². The molecule has 0 aliphatic rings. The summed E-state index contributed by atoms with van der Waals surface area (Å²) in [6.45, 7) is 0. The van der Waals surface area contributed by atoms with Crippen molar-refractivity contribution in [3.63, 3.8) is 0 Å². The highest BCUT2D eigenvalue weighted by Gasteiger charge is 2.12. The Morgan fingerprint density at radius 1 is 1.00 bits per heavy atom. The lowest BCUT2D eigenvalue weighted by Gasteiger charge is -2.01. The average Bonchev–Trinajstić information content (AvgIpc) is 2.90. The van der Waals surface area contributed by atoms with Gasteiger partial charge in [-0.05, 0) is 24.3 Å². The molecule has 0 spiro atoms. The van der Waals surface area contributed by atoms with Crippen LogP contribution in [0.2, 0.25) is 0 Å². The summed E-state index contributed by atoms with van der Waals surface area (Å²) in [5.74, 6) is -0.386. The van der Waals surface area contributed by atoms with Crippen molar-refractivity contribution in [3.8, 4) is 0 Å². The van der Waals surface area contributed by atoms with Crippen LogP contribution in [0.25, 0.3) is 20.2 Å². The summed E-state index contributed by atoms with van der Waals surface area (Å²) in [7, 11) is 1.33. The topological polar surface area (TPSA) is 43.4 Å². The summed E-state index contributed by atoms with van der Waals surface area (Å²) >= 11 is 1.72. The van der Waals surface area contributed by atoms with Crippen molar-refractivity contribution >= 4 is 43.3 Å². The van der Waals surface area contributed by atoms with Crippen molar-refractivity contribution in [1.29, 1.82) is 0 Å². The molecule has 0 fully saturated rings. The molecule has 4 heteroatoms. The van der Waals surface area contributed by atoms with E-state index >= 15 is 0 Å². The van der Waals surface area contributed by atoms with Crippen LogP contribution in [-0.4, -0.2) is 18.9 Å². The fourth-order valence-electron chi connectivity index (χ4n) is 2.36. The zero-order valence-electron chi connectivity index (χ0n) is 11.6. The highest BCUT2D eigenvalue weighted by Crippen LogP contribution is 2.34. The van der Waals surface area contributed by atoms with Crippen LogP contribution in [0.3, 0.4) is 0 Å². The Balaban J connectivity index is 1.94. The smallest absolute Gasteiger partial charge is 0.305 e. The maximum atomic E-state index is 12.2. The molecule has 0 aliphatic heterocycles. The molecule has 3 rings (SSSR count). The number of ether oxygens (including phenoxy) is 1. The second kappa shape index (κ2) is 5.66. The lowest BCUT2D eigenvalue weighted by molar-refractivity contribution is -0.140. The molecule has 0 N–H and O–H groups in total. The molecular formula is C17H14O3S. The number of methoxy groups -OCH3 is 1. The Bertz CT molecular complexity index is 832. The molecule has 2 aromatic carbocycles. The number of carbonyl (C=O) groups is 2. The zero-order valence-corrected chi connectivity index (χ0v) is 12.4. The van der Waals surface area contributed by atoms with E-state index < -0.39 is 0 Å². The van der Waals surface area contributed by atoms with Gasteiger partial charge in [-0.2, -0.15) is 0 Å². The van der Waals surface area contributed by atoms with E-state index in [2.05, 4.69) is 16.9 Å². The van der Waals surface area contributed by atoms with Gasteiger partial charge in [0.05, 0.1) is 13.5 Å². The molecule has 0 bridgehead atoms. The van der Waals surface area contributed by atoms with Crippen LogP contribution in [0, 0.1) is 0 Å².